The van der Waals surface area contributed by atoms with Crippen molar-refractivity contribution in [3.05, 3.63) is 41.7 Å². The highest BCUT2D eigenvalue weighted by atomic mass is 16.5. The summed E-state index contributed by atoms with van der Waals surface area (Å²) in [6, 6.07) is 7.91. The van der Waals surface area contributed by atoms with E-state index in [-0.39, 0.29) is 6.61 Å². The number of aryl methyl sites for hydroxylation is 1. The number of ether oxygens (including phenoxy) is 1. The van der Waals surface area contributed by atoms with Gasteiger partial charge in [-0.1, -0.05) is 18.2 Å². The smallest absolute Gasteiger partial charge is 0.227 e. The number of nitrogens with zero attached hydrogens (tertiary/aromatic N) is 6. The lowest BCUT2D eigenvalue weighted by molar-refractivity contribution is 0.0977. The molecule has 29 heavy (non-hydrogen) atoms. The Morgan fingerprint density at radius 1 is 1.17 bits per heavy atom. The maximum atomic E-state index is 9.17. The summed E-state index contributed by atoms with van der Waals surface area (Å²) >= 11 is 0. The molecule has 0 saturated carbocycles. The Hall–Kier alpha value is -2.75. The van der Waals surface area contributed by atoms with Gasteiger partial charge in [-0.2, -0.15) is 10.1 Å². The Bertz CT molecular complexity index is 1020. The molecule has 5 rings (SSSR count). The second kappa shape index (κ2) is 6.94. The quantitative estimate of drug-likeness (QED) is 0.647. The average Bonchev–Trinajstić information content (AvgIpc) is 3.28. The molecule has 0 amide bonds. The number of piperazine rings is 1. The average molecular weight is 395 g/mol. The number of hydrogen-bond donors (Lipinski definition) is 2. The molecule has 1 unspecified atom stereocenters. The lowest BCUT2D eigenvalue weighted by Gasteiger charge is -2.35. The van der Waals surface area contributed by atoms with Gasteiger partial charge < -0.3 is 14.7 Å². The molecule has 2 aliphatic heterocycles. The number of aliphatic hydroxyl groups excluding tert-OH is 1. The van der Waals surface area contributed by atoms with Gasteiger partial charge in [0.15, 0.2) is 5.65 Å². The zero-order chi connectivity index (χ0) is 20.0. The van der Waals surface area contributed by atoms with Gasteiger partial charge in [0.25, 0.3) is 0 Å². The Labute approximate surface area is 168 Å². The van der Waals surface area contributed by atoms with Gasteiger partial charge in [-0.05, 0) is 6.07 Å². The van der Waals surface area contributed by atoms with Crippen LogP contribution in [-0.2, 0) is 19.2 Å². The number of anilines is 1. The van der Waals surface area contributed by atoms with E-state index in [4.69, 9.17) is 25.5 Å². The molecule has 1 atom stereocenters. The Balaban J connectivity index is 1.53. The van der Waals surface area contributed by atoms with Crippen molar-refractivity contribution in [1.29, 1.82) is 0 Å². The molecule has 0 aliphatic carbocycles. The largest absolute Gasteiger partial charge is 0.466 e. The minimum atomic E-state index is -1.05. The number of para-hydroxylation sites is 1. The van der Waals surface area contributed by atoms with Crippen molar-refractivity contribution in [2.24, 2.45) is 12.8 Å². The number of aromatic nitrogens is 4. The first-order valence-electron chi connectivity index (χ1n) is 9.91. The Kier molecular flexibility index (Phi) is 4.38. The zero-order valence-electron chi connectivity index (χ0n) is 16.5. The molecule has 0 radical (unpaired) electrons. The van der Waals surface area contributed by atoms with Crippen molar-refractivity contribution in [3.8, 4) is 5.75 Å². The molecule has 0 spiro atoms. The summed E-state index contributed by atoms with van der Waals surface area (Å²) in [7, 11) is 1.87. The van der Waals surface area contributed by atoms with Gasteiger partial charge in [-0.15, -0.1) is 0 Å². The van der Waals surface area contributed by atoms with E-state index in [1.807, 2.05) is 31.3 Å². The summed E-state index contributed by atoms with van der Waals surface area (Å²) < 4.78 is 7.93. The van der Waals surface area contributed by atoms with E-state index in [0.29, 0.717) is 24.6 Å². The summed E-state index contributed by atoms with van der Waals surface area (Å²) in [5, 5.41) is 14.4. The molecule has 9 nitrogen and oxygen atoms in total. The van der Waals surface area contributed by atoms with Gasteiger partial charge >= 0.3 is 0 Å². The van der Waals surface area contributed by atoms with Crippen LogP contribution in [0.25, 0.3) is 11.0 Å². The van der Waals surface area contributed by atoms with E-state index in [0.717, 1.165) is 48.5 Å². The summed E-state index contributed by atoms with van der Waals surface area (Å²) in [6.45, 7) is 4.17. The standard InChI is InChI=1S/C20H25N7O2/c1-25-18-15(13-22-25)17(20(21)12-14-4-2-3-5-16(14)29-20)23-19(24-18)27-8-6-26(7-9-27)10-11-28/h2-5,13,28H,6-12,21H2,1H3. The number of rotatable bonds is 4. The molecule has 3 N–H and O–H groups in total. The fraction of sp³-hybridized carbons (Fsp3) is 0.450. The highest BCUT2D eigenvalue weighted by Crippen LogP contribution is 2.39. The van der Waals surface area contributed by atoms with E-state index in [2.05, 4.69) is 14.9 Å². The maximum absolute atomic E-state index is 9.17. The number of aliphatic hydroxyl groups is 1. The molecular weight excluding hydrogens is 370 g/mol. The lowest BCUT2D eigenvalue weighted by Crippen LogP contribution is -2.48. The first-order chi connectivity index (χ1) is 14.1. The van der Waals surface area contributed by atoms with E-state index in [1.54, 1.807) is 10.9 Å². The van der Waals surface area contributed by atoms with E-state index in [9.17, 15) is 0 Å². The van der Waals surface area contributed by atoms with Crippen molar-refractivity contribution in [3.63, 3.8) is 0 Å². The third-order valence-corrected chi connectivity index (χ3v) is 5.77. The van der Waals surface area contributed by atoms with Crippen LogP contribution in [0.1, 0.15) is 11.3 Å². The minimum Gasteiger partial charge on any atom is -0.466 e. The molecule has 152 valence electrons. The predicted octanol–water partition coefficient (Wildman–Crippen LogP) is 0.224. The van der Waals surface area contributed by atoms with Crippen LogP contribution in [0.15, 0.2) is 30.5 Å². The van der Waals surface area contributed by atoms with Crippen molar-refractivity contribution >= 4 is 17.0 Å². The molecule has 3 aromatic rings. The predicted molar refractivity (Wildman–Crippen MR) is 109 cm³/mol. The number of β-amino-alcohol motifs (C(OH)–C–C–N with tert-alkyl or cyclic N) is 1. The van der Waals surface area contributed by atoms with Crippen LogP contribution in [0, 0.1) is 0 Å². The van der Waals surface area contributed by atoms with Gasteiger partial charge in [0.05, 0.1) is 18.2 Å². The van der Waals surface area contributed by atoms with Gasteiger partial charge in [-0.25, -0.2) is 4.98 Å². The molecule has 1 aromatic carbocycles. The molecule has 4 heterocycles. The monoisotopic (exact) mass is 395 g/mol. The third-order valence-electron chi connectivity index (χ3n) is 5.77. The van der Waals surface area contributed by atoms with Crippen molar-refractivity contribution < 1.29 is 9.84 Å². The van der Waals surface area contributed by atoms with Crippen LogP contribution in [0.5, 0.6) is 5.75 Å². The van der Waals surface area contributed by atoms with Gasteiger partial charge in [-0.3, -0.25) is 15.3 Å². The maximum Gasteiger partial charge on any atom is 0.227 e. The van der Waals surface area contributed by atoms with E-state index >= 15 is 0 Å². The van der Waals surface area contributed by atoms with Crippen LogP contribution in [0.4, 0.5) is 5.95 Å². The lowest BCUT2D eigenvalue weighted by atomic mass is 10.0. The molecule has 9 heteroatoms. The molecule has 1 fully saturated rings. The van der Waals surface area contributed by atoms with Crippen molar-refractivity contribution in [2.75, 3.05) is 44.2 Å². The number of nitrogens with two attached hydrogens (primary N) is 1. The SMILES string of the molecule is Cn1ncc2c(C3(N)Cc4ccccc4O3)nc(N3CCN(CCO)CC3)nc21. The first-order valence-corrected chi connectivity index (χ1v) is 9.91. The Morgan fingerprint density at radius 2 is 1.97 bits per heavy atom. The van der Waals surface area contributed by atoms with Crippen LogP contribution < -0.4 is 15.4 Å². The van der Waals surface area contributed by atoms with E-state index < -0.39 is 5.72 Å². The second-order valence-corrected chi connectivity index (χ2v) is 7.71. The van der Waals surface area contributed by atoms with Crippen LogP contribution in [0.2, 0.25) is 0 Å². The number of hydrogen-bond acceptors (Lipinski definition) is 8. The second-order valence-electron chi connectivity index (χ2n) is 7.71. The fourth-order valence-corrected chi connectivity index (χ4v) is 4.18. The van der Waals surface area contributed by atoms with Crippen LogP contribution in [-0.4, -0.2) is 69.1 Å². The minimum absolute atomic E-state index is 0.176. The topological polar surface area (TPSA) is 106 Å². The van der Waals surface area contributed by atoms with Crippen LogP contribution >= 0.6 is 0 Å². The zero-order valence-corrected chi connectivity index (χ0v) is 16.5. The van der Waals surface area contributed by atoms with Gasteiger partial charge in [0.2, 0.25) is 11.7 Å². The third kappa shape index (κ3) is 3.11. The summed E-state index contributed by atoms with van der Waals surface area (Å²) in [5.41, 5.74) is 8.19. The summed E-state index contributed by atoms with van der Waals surface area (Å²) in [6.07, 6.45) is 2.31. The number of fused-ring (bicyclic) bond motifs is 2. The molecular formula is C20H25N7O2. The van der Waals surface area contributed by atoms with Gasteiger partial charge in [0, 0.05) is 51.8 Å². The fourth-order valence-electron chi connectivity index (χ4n) is 4.18. The molecule has 0 bridgehead atoms. The molecule has 2 aliphatic rings. The van der Waals surface area contributed by atoms with Gasteiger partial charge in [0.1, 0.15) is 11.4 Å². The first kappa shape index (κ1) is 18.3. The van der Waals surface area contributed by atoms with Crippen molar-refractivity contribution in [1.82, 2.24) is 24.6 Å². The summed E-state index contributed by atoms with van der Waals surface area (Å²) in [4.78, 5) is 14.1. The van der Waals surface area contributed by atoms with E-state index in [1.165, 1.54) is 0 Å². The Morgan fingerprint density at radius 3 is 2.72 bits per heavy atom. The summed E-state index contributed by atoms with van der Waals surface area (Å²) in [5.74, 6) is 1.44. The van der Waals surface area contributed by atoms with Crippen LogP contribution in [0.3, 0.4) is 0 Å². The highest BCUT2D eigenvalue weighted by molar-refractivity contribution is 5.79. The highest BCUT2D eigenvalue weighted by Gasteiger charge is 2.41. The van der Waals surface area contributed by atoms with Crippen molar-refractivity contribution in [2.45, 2.75) is 12.1 Å². The molecule has 1 saturated heterocycles. The normalized spacial score (nSPS) is 22.1. The molecule has 2 aromatic heterocycles. The number of benzene rings is 1.